The van der Waals surface area contributed by atoms with Gasteiger partial charge in [0.1, 0.15) is 6.04 Å². The monoisotopic (exact) mass is 431 g/mol. The van der Waals surface area contributed by atoms with E-state index in [2.05, 4.69) is 26.1 Å². The highest BCUT2D eigenvalue weighted by Gasteiger charge is 2.36. The van der Waals surface area contributed by atoms with Crippen LogP contribution in [0.2, 0.25) is 5.02 Å². The van der Waals surface area contributed by atoms with Crippen LogP contribution >= 0.6 is 27.5 Å². The quantitative estimate of drug-likeness (QED) is 0.581. The van der Waals surface area contributed by atoms with Gasteiger partial charge in [-0.1, -0.05) is 44.8 Å². The average Bonchev–Trinajstić information content (AvgIpc) is 3.24. The van der Waals surface area contributed by atoms with Gasteiger partial charge in [0.2, 0.25) is 17.6 Å². The molecule has 1 aromatic heterocycles. The van der Waals surface area contributed by atoms with Crippen molar-refractivity contribution >= 4 is 33.4 Å². The smallest absolute Gasteiger partial charge is 0.249 e. The van der Waals surface area contributed by atoms with Gasteiger partial charge in [-0.15, -0.1) is 0 Å². The summed E-state index contributed by atoms with van der Waals surface area (Å²) >= 11 is 9.46. The Morgan fingerprint density at radius 1 is 1.23 bits per heavy atom. The van der Waals surface area contributed by atoms with Crippen molar-refractivity contribution in [3.8, 4) is 11.4 Å². The highest BCUT2D eigenvalue weighted by Crippen LogP contribution is 2.34. The van der Waals surface area contributed by atoms with Gasteiger partial charge in [-0.25, -0.2) is 0 Å². The first-order valence-corrected chi connectivity index (χ1v) is 9.41. The second-order valence-electron chi connectivity index (χ2n) is 6.17. The summed E-state index contributed by atoms with van der Waals surface area (Å²) in [4.78, 5) is 18.7. The highest BCUT2D eigenvalue weighted by atomic mass is 79.9. The van der Waals surface area contributed by atoms with E-state index >= 15 is 0 Å². The molecule has 1 aliphatic heterocycles. The van der Waals surface area contributed by atoms with Gasteiger partial charge in [0.15, 0.2) is 0 Å². The number of aromatic nitrogens is 2. The van der Waals surface area contributed by atoms with Crippen LogP contribution in [0.1, 0.15) is 30.3 Å². The molecule has 0 radical (unpaired) electrons. The molecule has 132 valence electrons. The van der Waals surface area contributed by atoms with Gasteiger partial charge < -0.3 is 9.42 Å². The number of carbonyl (C=O) groups is 1. The Kier molecular flexibility index (Phi) is 4.78. The molecule has 1 saturated heterocycles. The van der Waals surface area contributed by atoms with Gasteiger partial charge in [0.05, 0.1) is 0 Å². The van der Waals surface area contributed by atoms with Crippen LogP contribution in [-0.2, 0) is 11.3 Å². The topological polar surface area (TPSA) is 59.2 Å². The zero-order valence-corrected chi connectivity index (χ0v) is 16.1. The van der Waals surface area contributed by atoms with Crippen LogP contribution in [-0.4, -0.2) is 20.9 Å². The molecule has 0 bridgehead atoms. The molecule has 1 fully saturated rings. The summed E-state index contributed by atoms with van der Waals surface area (Å²) in [6.07, 6.45) is 1.14. The second kappa shape index (κ2) is 7.21. The molecule has 0 spiro atoms. The van der Waals surface area contributed by atoms with Crippen molar-refractivity contribution in [1.82, 2.24) is 15.0 Å². The van der Waals surface area contributed by atoms with Crippen molar-refractivity contribution in [3.05, 3.63) is 69.5 Å². The number of carbonyl (C=O) groups excluding carboxylic acids is 1. The first-order chi connectivity index (χ1) is 12.6. The fraction of sp³-hybridized carbons (Fsp3) is 0.211. The molecule has 1 unspecified atom stereocenters. The molecule has 2 heterocycles. The third-order valence-corrected chi connectivity index (χ3v) is 5.16. The Morgan fingerprint density at radius 3 is 2.81 bits per heavy atom. The minimum Gasteiger partial charge on any atom is -0.337 e. The highest BCUT2D eigenvalue weighted by molar-refractivity contribution is 9.10. The summed E-state index contributed by atoms with van der Waals surface area (Å²) in [6.45, 7) is 0.472. The minimum absolute atomic E-state index is 0.0818. The fourth-order valence-corrected chi connectivity index (χ4v) is 3.58. The standard InChI is InChI=1S/C19H15BrClN3O2/c20-14-6-4-13(5-7-14)18-22-19(26-23-18)16-8-9-17(25)24(16)11-12-2-1-3-15(21)10-12/h1-7,10,16H,8-9,11H2. The third kappa shape index (κ3) is 3.52. The Morgan fingerprint density at radius 2 is 2.04 bits per heavy atom. The maximum absolute atomic E-state index is 12.4. The largest absolute Gasteiger partial charge is 0.337 e. The molecule has 4 rings (SSSR count). The Labute approximate surface area is 164 Å². The summed E-state index contributed by atoms with van der Waals surface area (Å²) in [5.74, 6) is 1.07. The third-order valence-electron chi connectivity index (χ3n) is 4.40. The van der Waals surface area contributed by atoms with Crippen LogP contribution in [0.5, 0.6) is 0 Å². The predicted molar refractivity (Wildman–Crippen MR) is 101 cm³/mol. The Bertz CT molecular complexity index is 942. The lowest BCUT2D eigenvalue weighted by Gasteiger charge is -2.22. The molecule has 1 amide bonds. The van der Waals surface area contributed by atoms with Crippen molar-refractivity contribution in [2.75, 3.05) is 0 Å². The molecule has 1 atom stereocenters. The fourth-order valence-electron chi connectivity index (χ4n) is 3.11. The van der Waals surface area contributed by atoms with Crippen LogP contribution in [0.25, 0.3) is 11.4 Å². The van der Waals surface area contributed by atoms with Gasteiger partial charge in [0.25, 0.3) is 0 Å². The average molecular weight is 433 g/mol. The van der Waals surface area contributed by atoms with Gasteiger partial charge in [-0.05, 0) is 48.4 Å². The number of benzene rings is 2. The van der Waals surface area contributed by atoms with E-state index in [-0.39, 0.29) is 11.9 Å². The SMILES string of the molecule is O=C1CCC(c2nc(-c3ccc(Br)cc3)no2)N1Cc1cccc(Cl)c1. The molecule has 0 saturated carbocycles. The van der Waals surface area contributed by atoms with Crippen molar-refractivity contribution in [1.29, 1.82) is 0 Å². The van der Waals surface area contributed by atoms with E-state index in [0.717, 1.165) is 15.6 Å². The number of halogens is 2. The zero-order valence-electron chi connectivity index (χ0n) is 13.7. The van der Waals surface area contributed by atoms with E-state index in [1.807, 2.05) is 48.5 Å². The van der Waals surface area contributed by atoms with Gasteiger partial charge in [0, 0.05) is 28.0 Å². The lowest BCUT2D eigenvalue weighted by Crippen LogP contribution is -2.27. The van der Waals surface area contributed by atoms with E-state index in [1.165, 1.54) is 0 Å². The van der Waals surface area contributed by atoms with E-state index < -0.39 is 0 Å². The molecular formula is C19H15BrClN3O2. The molecule has 0 N–H and O–H groups in total. The van der Waals surface area contributed by atoms with E-state index in [1.54, 1.807) is 4.90 Å². The second-order valence-corrected chi connectivity index (χ2v) is 7.52. The summed E-state index contributed by atoms with van der Waals surface area (Å²) in [5, 5.41) is 4.73. The van der Waals surface area contributed by atoms with E-state index in [0.29, 0.717) is 36.1 Å². The number of likely N-dealkylation sites (tertiary alicyclic amines) is 1. The first-order valence-electron chi connectivity index (χ1n) is 8.23. The van der Waals surface area contributed by atoms with Crippen LogP contribution in [0.3, 0.4) is 0 Å². The molecule has 3 aromatic rings. The maximum Gasteiger partial charge on any atom is 0.249 e. The Hall–Kier alpha value is -2.18. The predicted octanol–water partition coefficient (Wildman–Crippen LogP) is 5.02. The number of hydrogen-bond acceptors (Lipinski definition) is 4. The summed E-state index contributed by atoms with van der Waals surface area (Å²) in [5.41, 5.74) is 1.85. The van der Waals surface area contributed by atoms with Crippen molar-refractivity contribution < 1.29 is 9.32 Å². The number of hydrogen-bond donors (Lipinski definition) is 0. The molecule has 2 aromatic carbocycles. The van der Waals surface area contributed by atoms with Gasteiger partial charge in [-0.2, -0.15) is 4.98 Å². The van der Waals surface area contributed by atoms with Crippen molar-refractivity contribution in [3.63, 3.8) is 0 Å². The first kappa shape index (κ1) is 17.2. The van der Waals surface area contributed by atoms with Crippen molar-refractivity contribution in [2.45, 2.75) is 25.4 Å². The number of rotatable bonds is 4. The van der Waals surface area contributed by atoms with Crippen LogP contribution in [0.4, 0.5) is 0 Å². The van der Waals surface area contributed by atoms with Crippen LogP contribution < -0.4 is 0 Å². The molecular weight excluding hydrogens is 418 g/mol. The molecule has 26 heavy (non-hydrogen) atoms. The zero-order chi connectivity index (χ0) is 18.1. The van der Waals surface area contributed by atoms with E-state index in [9.17, 15) is 4.79 Å². The molecule has 5 nitrogen and oxygen atoms in total. The van der Waals surface area contributed by atoms with Gasteiger partial charge >= 0.3 is 0 Å². The lowest BCUT2D eigenvalue weighted by molar-refractivity contribution is -0.129. The van der Waals surface area contributed by atoms with Gasteiger partial charge in [-0.3, -0.25) is 4.79 Å². The maximum atomic E-state index is 12.4. The molecule has 7 heteroatoms. The van der Waals surface area contributed by atoms with Crippen LogP contribution in [0.15, 0.2) is 57.5 Å². The normalized spacial score (nSPS) is 17.1. The van der Waals surface area contributed by atoms with Crippen molar-refractivity contribution in [2.24, 2.45) is 0 Å². The minimum atomic E-state index is -0.210. The Balaban J connectivity index is 1.58. The van der Waals surface area contributed by atoms with E-state index in [4.69, 9.17) is 16.1 Å². The number of nitrogens with zero attached hydrogens (tertiary/aromatic N) is 3. The molecule has 1 aliphatic rings. The summed E-state index contributed by atoms with van der Waals surface area (Å²) in [7, 11) is 0. The summed E-state index contributed by atoms with van der Waals surface area (Å²) < 4.78 is 6.47. The van der Waals surface area contributed by atoms with Crippen LogP contribution in [0, 0.1) is 0 Å². The summed E-state index contributed by atoms with van der Waals surface area (Å²) in [6, 6.07) is 15.0. The lowest BCUT2D eigenvalue weighted by atomic mass is 10.1. The molecule has 0 aliphatic carbocycles. The number of amides is 1.